The van der Waals surface area contributed by atoms with Crippen molar-refractivity contribution in [2.24, 2.45) is 0 Å². The van der Waals surface area contributed by atoms with E-state index in [2.05, 4.69) is 28.3 Å². The van der Waals surface area contributed by atoms with Crippen molar-refractivity contribution in [3.8, 4) is 0 Å². The Balaban J connectivity index is 1.81. The van der Waals surface area contributed by atoms with Crippen LogP contribution in [0.5, 0.6) is 0 Å². The van der Waals surface area contributed by atoms with E-state index in [-0.39, 0.29) is 5.56 Å². The first kappa shape index (κ1) is 15.5. The van der Waals surface area contributed by atoms with Crippen LogP contribution in [0.2, 0.25) is 0 Å². The Hall–Kier alpha value is -0.850. The molecular weight excluding hydrogens is 274 g/mol. The Morgan fingerprint density at radius 3 is 2.85 bits per heavy atom. The molecule has 0 amide bonds. The second-order valence-electron chi connectivity index (χ2n) is 5.21. The van der Waals surface area contributed by atoms with E-state index in [4.69, 9.17) is 4.74 Å². The van der Waals surface area contributed by atoms with Gasteiger partial charge in [0.15, 0.2) is 5.16 Å². The monoisotopic (exact) mass is 297 g/mol. The number of morpholine rings is 1. The molecule has 0 saturated carbocycles. The number of hydrogen-bond donors (Lipinski definition) is 0. The minimum Gasteiger partial charge on any atom is -0.379 e. The average molecular weight is 297 g/mol. The molecule has 0 N–H and O–H groups in total. The normalized spacial score (nSPS) is 16.8. The molecular formula is C14H23N3O2S. The molecule has 0 unspecified atom stereocenters. The quantitative estimate of drug-likeness (QED) is 0.454. The minimum atomic E-state index is -0.155. The zero-order chi connectivity index (χ0) is 14.4. The van der Waals surface area contributed by atoms with Crippen LogP contribution in [0.25, 0.3) is 0 Å². The maximum Gasteiger partial charge on any atom is 0.273 e. The standard InChI is InChI=1S/C14H23N3O2S/c1-12(2)17-6-4-13(18)15-14(17)20-11-3-5-16-7-9-19-10-8-16/h4,6,12H,3,5,7-11H2,1-2H3. The van der Waals surface area contributed by atoms with Crippen LogP contribution in [0.4, 0.5) is 0 Å². The predicted molar refractivity (Wildman–Crippen MR) is 81.5 cm³/mol. The maximum atomic E-state index is 11.4. The third-order valence-electron chi connectivity index (χ3n) is 3.31. The van der Waals surface area contributed by atoms with E-state index in [1.54, 1.807) is 11.8 Å². The van der Waals surface area contributed by atoms with Crippen LogP contribution in [0, 0.1) is 0 Å². The highest BCUT2D eigenvalue weighted by Crippen LogP contribution is 2.18. The lowest BCUT2D eigenvalue weighted by Crippen LogP contribution is -2.37. The summed E-state index contributed by atoms with van der Waals surface area (Å²) in [5.41, 5.74) is -0.155. The molecule has 0 spiro atoms. The molecule has 2 heterocycles. The van der Waals surface area contributed by atoms with Crippen molar-refractivity contribution in [3.63, 3.8) is 0 Å². The zero-order valence-electron chi connectivity index (χ0n) is 12.2. The highest BCUT2D eigenvalue weighted by molar-refractivity contribution is 7.99. The summed E-state index contributed by atoms with van der Waals surface area (Å²) in [6.45, 7) is 9.06. The van der Waals surface area contributed by atoms with Gasteiger partial charge in [-0.1, -0.05) is 11.8 Å². The van der Waals surface area contributed by atoms with E-state index >= 15 is 0 Å². The lowest BCUT2D eigenvalue weighted by molar-refractivity contribution is 0.0381. The van der Waals surface area contributed by atoms with Gasteiger partial charge < -0.3 is 9.30 Å². The summed E-state index contributed by atoms with van der Waals surface area (Å²) in [4.78, 5) is 17.9. The van der Waals surface area contributed by atoms with Gasteiger partial charge in [0.25, 0.3) is 5.56 Å². The minimum absolute atomic E-state index is 0.155. The molecule has 1 aromatic heterocycles. The van der Waals surface area contributed by atoms with E-state index in [1.807, 2.05) is 6.20 Å². The van der Waals surface area contributed by atoms with Gasteiger partial charge >= 0.3 is 0 Å². The van der Waals surface area contributed by atoms with Crippen LogP contribution in [0.15, 0.2) is 22.2 Å². The van der Waals surface area contributed by atoms with Crippen LogP contribution in [0.3, 0.4) is 0 Å². The second-order valence-corrected chi connectivity index (χ2v) is 6.27. The number of aromatic nitrogens is 2. The summed E-state index contributed by atoms with van der Waals surface area (Å²) in [6, 6.07) is 1.85. The van der Waals surface area contributed by atoms with Gasteiger partial charge in [0.2, 0.25) is 0 Å². The average Bonchev–Trinajstić information content (AvgIpc) is 2.44. The molecule has 1 saturated heterocycles. The van der Waals surface area contributed by atoms with Crippen molar-refractivity contribution >= 4 is 11.8 Å². The van der Waals surface area contributed by atoms with Crippen LogP contribution >= 0.6 is 11.8 Å². The molecule has 2 rings (SSSR count). The summed E-state index contributed by atoms with van der Waals surface area (Å²) in [6.07, 6.45) is 2.94. The molecule has 1 aliphatic rings. The van der Waals surface area contributed by atoms with Gasteiger partial charge in [-0.05, 0) is 26.8 Å². The maximum absolute atomic E-state index is 11.4. The van der Waals surface area contributed by atoms with Crippen LogP contribution < -0.4 is 5.56 Å². The van der Waals surface area contributed by atoms with Gasteiger partial charge in [-0.15, -0.1) is 0 Å². The van der Waals surface area contributed by atoms with Crippen molar-refractivity contribution in [2.75, 3.05) is 38.6 Å². The Morgan fingerprint density at radius 2 is 2.15 bits per heavy atom. The first-order chi connectivity index (χ1) is 9.66. The van der Waals surface area contributed by atoms with E-state index < -0.39 is 0 Å². The lowest BCUT2D eigenvalue weighted by Gasteiger charge is -2.26. The van der Waals surface area contributed by atoms with Crippen LogP contribution in [0.1, 0.15) is 26.3 Å². The Bertz CT molecular complexity index is 470. The summed E-state index contributed by atoms with van der Waals surface area (Å²) >= 11 is 1.67. The summed E-state index contributed by atoms with van der Waals surface area (Å²) in [7, 11) is 0. The summed E-state index contributed by atoms with van der Waals surface area (Å²) in [5.74, 6) is 0.987. The fourth-order valence-electron chi connectivity index (χ4n) is 2.17. The van der Waals surface area contributed by atoms with Gasteiger partial charge in [-0.3, -0.25) is 9.69 Å². The molecule has 1 fully saturated rings. The van der Waals surface area contributed by atoms with Crippen LogP contribution in [-0.4, -0.2) is 53.1 Å². The first-order valence-electron chi connectivity index (χ1n) is 7.19. The second kappa shape index (κ2) is 7.81. The van der Waals surface area contributed by atoms with Gasteiger partial charge in [-0.2, -0.15) is 4.98 Å². The Kier molecular flexibility index (Phi) is 6.06. The first-order valence-corrected chi connectivity index (χ1v) is 8.17. The van der Waals surface area contributed by atoms with E-state index in [0.717, 1.165) is 50.2 Å². The van der Waals surface area contributed by atoms with Crippen molar-refractivity contribution in [2.45, 2.75) is 31.5 Å². The van der Waals surface area contributed by atoms with Crippen LogP contribution in [-0.2, 0) is 4.74 Å². The molecule has 0 radical (unpaired) electrons. The fourth-order valence-corrected chi connectivity index (χ4v) is 3.20. The topological polar surface area (TPSA) is 47.4 Å². The van der Waals surface area contributed by atoms with E-state index in [1.165, 1.54) is 6.07 Å². The molecule has 1 aromatic rings. The van der Waals surface area contributed by atoms with Crippen molar-refractivity contribution < 1.29 is 4.74 Å². The molecule has 0 atom stereocenters. The lowest BCUT2D eigenvalue weighted by atomic mass is 10.4. The molecule has 20 heavy (non-hydrogen) atoms. The van der Waals surface area contributed by atoms with Gasteiger partial charge in [-0.25, -0.2) is 0 Å². The van der Waals surface area contributed by atoms with Gasteiger partial charge in [0, 0.05) is 37.1 Å². The SMILES string of the molecule is CC(C)n1ccc(=O)nc1SCCCN1CCOCC1. The van der Waals surface area contributed by atoms with Gasteiger partial charge in [0.1, 0.15) is 0 Å². The fraction of sp³-hybridized carbons (Fsp3) is 0.714. The molecule has 0 aliphatic carbocycles. The van der Waals surface area contributed by atoms with Crippen molar-refractivity contribution in [1.82, 2.24) is 14.5 Å². The molecule has 0 aromatic carbocycles. The van der Waals surface area contributed by atoms with Crippen molar-refractivity contribution in [1.29, 1.82) is 0 Å². The predicted octanol–water partition coefficient (Wildman–Crippen LogP) is 1.64. The zero-order valence-corrected chi connectivity index (χ0v) is 13.1. The van der Waals surface area contributed by atoms with Crippen molar-refractivity contribution in [3.05, 3.63) is 22.6 Å². The van der Waals surface area contributed by atoms with E-state index in [9.17, 15) is 4.79 Å². The third kappa shape index (κ3) is 4.61. The van der Waals surface area contributed by atoms with Gasteiger partial charge in [0.05, 0.1) is 13.2 Å². The van der Waals surface area contributed by atoms with E-state index in [0.29, 0.717) is 6.04 Å². The Labute approximate surface area is 124 Å². The molecule has 5 nitrogen and oxygen atoms in total. The number of hydrogen-bond acceptors (Lipinski definition) is 5. The smallest absolute Gasteiger partial charge is 0.273 e. The highest BCUT2D eigenvalue weighted by Gasteiger charge is 2.10. The number of rotatable bonds is 6. The number of thioether (sulfide) groups is 1. The molecule has 1 aliphatic heterocycles. The summed E-state index contributed by atoms with van der Waals surface area (Å²) in [5, 5.41) is 0.828. The molecule has 6 heteroatoms. The Morgan fingerprint density at radius 1 is 1.40 bits per heavy atom. The molecule has 112 valence electrons. The highest BCUT2D eigenvalue weighted by atomic mass is 32.2. The number of nitrogens with zero attached hydrogens (tertiary/aromatic N) is 3. The summed E-state index contributed by atoms with van der Waals surface area (Å²) < 4.78 is 7.39. The molecule has 0 bridgehead atoms. The number of ether oxygens (including phenoxy) is 1. The largest absolute Gasteiger partial charge is 0.379 e. The third-order valence-corrected chi connectivity index (χ3v) is 4.37.